The Bertz CT molecular complexity index is 564. The number of carbonyl (C=O) groups is 1. The van der Waals surface area contributed by atoms with Crippen molar-refractivity contribution in [2.45, 2.75) is 18.6 Å². The van der Waals surface area contributed by atoms with E-state index in [0.717, 1.165) is 6.54 Å². The van der Waals surface area contributed by atoms with Gasteiger partial charge in [0, 0.05) is 32.2 Å². The summed E-state index contributed by atoms with van der Waals surface area (Å²) >= 11 is 0. The number of nitrogens with zero attached hydrogens (tertiary/aromatic N) is 2. The molecule has 2 aliphatic rings. The first-order chi connectivity index (χ1) is 11.0. The maximum atomic E-state index is 13.8. The summed E-state index contributed by atoms with van der Waals surface area (Å²) in [4.78, 5) is 15.9. The molecule has 2 saturated heterocycles. The molecule has 1 N–H and O–H groups in total. The van der Waals surface area contributed by atoms with Crippen LogP contribution >= 0.6 is 0 Å². The minimum absolute atomic E-state index is 0.0158. The van der Waals surface area contributed by atoms with Crippen LogP contribution in [0.3, 0.4) is 0 Å². The van der Waals surface area contributed by atoms with Crippen LogP contribution in [-0.2, 0) is 9.53 Å². The molecule has 0 spiro atoms. The number of rotatable bonds is 3. The molecule has 0 aliphatic carbocycles. The van der Waals surface area contributed by atoms with E-state index in [0.29, 0.717) is 32.7 Å². The summed E-state index contributed by atoms with van der Waals surface area (Å²) < 4.78 is 33.1. The Morgan fingerprint density at radius 3 is 2.70 bits per heavy atom. The summed E-state index contributed by atoms with van der Waals surface area (Å²) in [5.41, 5.74) is -0.0158. The van der Waals surface area contributed by atoms with Gasteiger partial charge in [-0.05, 0) is 25.6 Å². The van der Waals surface area contributed by atoms with Crippen LogP contribution in [0.25, 0.3) is 0 Å². The van der Waals surface area contributed by atoms with Gasteiger partial charge in [-0.2, -0.15) is 0 Å². The van der Waals surface area contributed by atoms with Gasteiger partial charge in [-0.15, -0.1) is 0 Å². The number of halogens is 2. The average molecular weight is 325 g/mol. The number of ether oxygens (including phenoxy) is 1. The monoisotopic (exact) mass is 325 g/mol. The minimum Gasteiger partial charge on any atom is -0.366 e. The SMILES string of the molecule is CN1CCOC(C(=O)NC2CCN(c3c(F)cccc3F)C2)C1. The van der Waals surface area contributed by atoms with Crippen molar-refractivity contribution < 1.29 is 18.3 Å². The number of hydrogen-bond acceptors (Lipinski definition) is 4. The fraction of sp³-hybridized carbons (Fsp3) is 0.562. The average Bonchev–Trinajstić information content (AvgIpc) is 2.95. The van der Waals surface area contributed by atoms with Crippen molar-refractivity contribution in [2.75, 3.05) is 44.7 Å². The second-order valence-corrected chi connectivity index (χ2v) is 6.13. The molecule has 2 fully saturated rings. The third-order valence-corrected chi connectivity index (χ3v) is 4.35. The molecule has 1 aromatic rings. The standard InChI is InChI=1S/C16H21F2N3O2/c1-20-7-8-23-14(10-20)16(22)19-11-5-6-21(9-11)15-12(17)3-2-4-13(15)18/h2-4,11,14H,5-10H2,1H3,(H,19,22). The molecule has 2 aliphatic heterocycles. The molecule has 3 rings (SSSR count). The molecule has 0 aromatic heterocycles. The van der Waals surface area contributed by atoms with Crippen molar-refractivity contribution in [3.63, 3.8) is 0 Å². The van der Waals surface area contributed by atoms with Gasteiger partial charge >= 0.3 is 0 Å². The zero-order chi connectivity index (χ0) is 16.4. The molecule has 2 heterocycles. The van der Waals surface area contributed by atoms with E-state index in [2.05, 4.69) is 5.32 Å². The highest BCUT2D eigenvalue weighted by molar-refractivity contribution is 5.81. The number of benzene rings is 1. The molecule has 126 valence electrons. The van der Waals surface area contributed by atoms with Crippen LogP contribution in [0.5, 0.6) is 0 Å². The van der Waals surface area contributed by atoms with E-state index in [-0.39, 0.29) is 17.6 Å². The molecule has 0 radical (unpaired) electrons. The fourth-order valence-corrected chi connectivity index (χ4v) is 3.10. The predicted octanol–water partition coefficient (Wildman–Crippen LogP) is 0.990. The van der Waals surface area contributed by atoms with Crippen molar-refractivity contribution in [1.82, 2.24) is 10.2 Å². The van der Waals surface area contributed by atoms with Crippen LogP contribution < -0.4 is 10.2 Å². The van der Waals surface area contributed by atoms with Gasteiger partial charge in [0.2, 0.25) is 0 Å². The molecule has 23 heavy (non-hydrogen) atoms. The van der Waals surface area contributed by atoms with Crippen LogP contribution in [0.1, 0.15) is 6.42 Å². The molecule has 7 heteroatoms. The van der Waals surface area contributed by atoms with Gasteiger partial charge in [0.1, 0.15) is 23.4 Å². The van der Waals surface area contributed by atoms with Crippen LogP contribution in [0, 0.1) is 11.6 Å². The Kier molecular flexibility index (Phi) is 4.77. The molecule has 5 nitrogen and oxygen atoms in total. The van der Waals surface area contributed by atoms with Gasteiger partial charge in [-0.3, -0.25) is 4.79 Å². The molecular weight excluding hydrogens is 304 g/mol. The Balaban J connectivity index is 1.58. The maximum absolute atomic E-state index is 13.8. The second kappa shape index (κ2) is 6.80. The lowest BCUT2D eigenvalue weighted by atomic mass is 10.2. The van der Waals surface area contributed by atoms with Crippen molar-refractivity contribution in [3.8, 4) is 0 Å². The lowest BCUT2D eigenvalue weighted by Crippen LogP contribution is -2.51. The van der Waals surface area contributed by atoms with E-state index in [1.54, 1.807) is 4.90 Å². The second-order valence-electron chi connectivity index (χ2n) is 6.13. The van der Waals surface area contributed by atoms with Crippen LogP contribution in [0.4, 0.5) is 14.5 Å². The zero-order valence-corrected chi connectivity index (χ0v) is 13.1. The van der Waals surface area contributed by atoms with E-state index in [4.69, 9.17) is 4.74 Å². The number of hydrogen-bond donors (Lipinski definition) is 1. The highest BCUT2D eigenvalue weighted by Gasteiger charge is 2.31. The zero-order valence-electron chi connectivity index (χ0n) is 13.1. The molecular formula is C16H21F2N3O2. The molecule has 2 unspecified atom stereocenters. The summed E-state index contributed by atoms with van der Waals surface area (Å²) in [7, 11) is 1.95. The number of nitrogens with one attached hydrogen (secondary N) is 1. The van der Waals surface area contributed by atoms with Crippen molar-refractivity contribution in [1.29, 1.82) is 0 Å². The number of carbonyl (C=O) groups excluding carboxylic acids is 1. The molecule has 2 atom stereocenters. The van der Waals surface area contributed by atoms with Crippen molar-refractivity contribution in [2.24, 2.45) is 0 Å². The smallest absolute Gasteiger partial charge is 0.250 e. The number of para-hydroxylation sites is 1. The first-order valence-electron chi connectivity index (χ1n) is 7.84. The van der Waals surface area contributed by atoms with Gasteiger partial charge in [-0.25, -0.2) is 8.78 Å². The molecule has 1 aromatic carbocycles. The third kappa shape index (κ3) is 3.61. The third-order valence-electron chi connectivity index (χ3n) is 4.35. The van der Waals surface area contributed by atoms with Gasteiger partial charge in [0.05, 0.1) is 6.61 Å². The van der Waals surface area contributed by atoms with Crippen molar-refractivity contribution >= 4 is 11.6 Å². The highest BCUT2D eigenvalue weighted by atomic mass is 19.1. The van der Waals surface area contributed by atoms with E-state index in [1.807, 2.05) is 11.9 Å². The van der Waals surface area contributed by atoms with Gasteiger partial charge in [0.15, 0.2) is 0 Å². The largest absolute Gasteiger partial charge is 0.366 e. The molecule has 0 saturated carbocycles. The predicted molar refractivity (Wildman–Crippen MR) is 82.4 cm³/mol. The van der Waals surface area contributed by atoms with E-state index in [1.165, 1.54) is 18.2 Å². The summed E-state index contributed by atoms with van der Waals surface area (Å²) in [6.45, 7) is 2.81. The normalized spacial score (nSPS) is 25.6. The topological polar surface area (TPSA) is 44.8 Å². The first kappa shape index (κ1) is 16.1. The highest BCUT2D eigenvalue weighted by Crippen LogP contribution is 2.26. The Morgan fingerprint density at radius 1 is 1.26 bits per heavy atom. The first-order valence-corrected chi connectivity index (χ1v) is 7.84. The Morgan fingerprint density at radius 2 is 2.00 bits per heavy atom. The van der Waals surface area contributed by atoms with Gasteiger partial charge in [-0.1, -0.05) is 6.07 Å². The van der Waals surface area contributed by atoms with Crippen molar-refractivity contribution in [3.05, 3.63) is 29.8 Å². The maximum Gasteiger partial charge on any atom is 0.250 e. The lowest BCUT2D eigenvalue weighted by molar-refractivity contribution is -0.138. The molecule has 1 amide bonds. The van der Waals surface area contributed by atoms with E-state index < -0.39 is 17.7 Å². The summed E-state index contributed by atoms with van der Waals surface area (Å²) in [6.07, 6.45) is 0.176. The number of amides is 1. The van der Waals surface area contributed by atoms with E-state index >= 15 is 0 Å². The summed E-state index contributed by atoms with van der Waals surface area (Å²) in [5.74, 6) is -1.30. The van der Waals surface area contributed by atoms with Crippen LogP contribution in [0.15, 0.2) is 18.2 Å². The summed E-state index contributed by atoms with van der Waals surface area (Å²) in [5, 5.41) is 2.93. The quantitative estimate of drug-likeness (QED) is 0.900. The van der Waals surface area contributed by atoms with Gasteiger partial charge in [0.25, 0.3) is 5.91 Å². The summed E-state index contributed by atoms with van der Waals surface area (Å²) in [6, 6.07) is 3.71. The minimum atomic E-state index is -0.575. The molecule has 0 bridgehead atoms. The number of likely N-dealkylation sites (N-methyl/N-ethyl adjacent to an activating group) is 1. The van der Waals surface area contributed by atoms with E-state index in [9.17, 15) is 13.6 Å². The Labute approximate surface area is 134 Å². The van der Waals surface area contributed by atoms with Crippen LogP contribution in [-0.4, -0.2) is 62.8 Å². The van der Waals surface area contributed by atoms with Gasteiger partial charge < -0.3 is 19.9 Å². The lowest BCUT2D eigenvalue weighted by Gasteiger charge is -2.30. The number of anilines is 1. The fourth-order valence-electron chi connectivity index (χ4n) is 3.10. The Hall–Kier alpha value is -1.73. The number of morpholine rings is 1. The van der Waals surface area contributed by atoms with Crippen LogP contribution in [0.2, 0.25) is 0 Å².